The molecule has 1 aromatic heterocycles. The molecule has 4 aliphatic rings. The lowest BCUT2D eigenvalue weighted by Crippen LogP contribution is -2.57. The number of aromatic hydroxyl groups is 1. The van der Waals surface area contributed by atoms with Crippen LogP contribution in [0.4, 0.5) is 0 Å². The summed E-state index contributed by atoms with van der Waals surface area (Å²) in [6.45, 7) is 1.54. The molecule has 0 saturated carbocycles. The summed E-state index contributed by atoms with van der Waals surface area (Å²) in [5.41, 5.74) is 3.19. The van der Waals surface area contributed by atoms with Crippen LogP contribution in [0.25, 0.3) is 0 Å². The first-order chi connectivity index (χ1) is 16.6. The molecular weight excluding hydrogens is 430 g/mol. The molecule has 2 bridgehead atoms. The van der Waals surface area contributed by atoms with E-state index >= 15 is 0 Å². The van der Waals surface area contributed by atoms with Gasteiger partial charge in [-0.25, -0.2) is 0 Å². The van der Waals surface area contributed by atoms with Crippen LogP contribution >= 0.6 is 0 Å². The lowest BCUT2D eigenvalue weighted by Gasteiger charge is -2.47. The second kappa shape index (κ2) is 8.33. The van der Waals surface area contributed by atoms with E-state index in [1.54, 1.807) is 15.8 Å². The summed E-state index contributed by atoms with van der Waals surface area (Å²) in [5, 5.41) is 12.8. The quantitative estimate of drug-likeness (QED) is 0.659. The van der Waals surface area contributed by atoms with E-state index in [1.165, 1.54) is 22.8 Å². The Kier molecular flexibility index (Phi) is 5.14. The highest BCUT2D eigenvalue weighted by Crippen LogP contribution is 2.46. The maximum absolute atomic E-state index is 13.4. The SMILES string of the molecule is O=C1c2c(O)c(=O)ccn2N2CN1CCOC/C=C\C1=CC=CC3CCc4ccccc4[C@@H]2C13. The molecule has 0 fully saturated rings. The predicted octanol–water partition coefficient (Wildman–Crippen LogP) is 2.91. The van der Waals surface area contributed by atoms with E-state index in [2.05, 4.69) is 59.7 Å². The smallest absolute Gasteiger partial charge is 0.277 e. The third-order valence-corrected chi connectivity index (χ3v) is 7.44. The summed E-state index contributed by atoms with van der Waals surface area (Å²) in [5.74, 6) is -0.421. The monoisotopic (exact) mass is 457 g/mol. The first-order valence-corrected chi connectivity index (χ1v) is 11.8. The number of amides is 1. The number of aryl methyl sites for hydroxylation is 1. The Morgan fingerprint density at radius 2 is 2.00 bits per heavy atom. The summed E-state index contributed by atoms with van der Waals surface area (Å²) in [4.78, 5) is 27.4. The number of carbonyl (C=O) groups excluding carboxylic acids is 1. The number of hydrogen-bond donors (Lipinski definition) is 1. The van der Waals surface area contributed by atoms with Crippen molar-refractivity contribution in [2.75, 3.05) is 31.4 Å². The fourth-order valence-electron chi connectivity index (χ4n) is 5.85. The maximum atomic E-state index is 13.4. The van der Waals surface area contributed by atoms with Crippen LogP contribution in [-0.2, 0) is 11.2 Å². The highest BCUT2D eigenvalue weighted by Gasteiger charge is 2.43. The molecule has 7 heteroatoms. The van der Waals surface area contributed by atoms with Gasteiger partial charge in [0, 0.05) is 24.7 Å². The van der Waals surface area contributed by atoms with Gasteiger partial charge in [-0.2, -0.15) is 0 Å². The number of carbonyl (C=O) groups is 1. The van der Waals surface area contributed by atoms with E-state index in [0.717, 1.165) is 12.8 Å². The van der Waals surface area contributed by atoms with Gasteiger partial charge in [-0.1, -0.05) is 54.6 Å². The van der Waals surface area contributed by atoms with E-state index in [1.807, 2.05) is 0 Å². The van der Waals surface area contributed by atoms with Gasteiger partial charge in [-0.05, 0) is 35.5 Å². The number of aromatic nitrogens is 1. The van der Waals surface area contributed by atoms with Crippen LogP contribution in [0.5, 0.6) is 5.75 Å². The molecular formula is C27H27N3O4. The van der Waals surface area contributed by atoms with Gasteiger partial charge in [0.2, 0.25) is 5.43 Å². The lowest BCUT2D eigenvalue weighted by molar-refractivity contribution is 0.0572. The van der Waals surface area contributed by atoms with Crippen LogP contribution in [0.15, 0.2) is 77.3 Å². The molecule has 7 nitrogen and oxygen atoms in total. The Morgan fingerprint density at radius 1 is 1.12 bits per heavy atom. The van der Waals surface area contributed by atoms with Crippen molar-refractivity contribution in [1.29, 1.82) is 0 Å². The van der Waals surface area contributed by atoms with Crippen LogP contribution in [0.3, 0.4) is 0 Å². The molecule has 2 aliphatic heterocycles. The average molecular weight is 458 g/mol. The number of ether oxygens (including phenoxy) is 1. The Bertz CT molecular complexity index is 1290. The minimum Gasteiger partial charge on any atom is -0.502 e. The molecule has 1 aromatic carbocycles. The van der Waals surface area contributed by atoms with Gasteiger partial charge < -0.3 is 14.7 Å². The number of benzene rings is 1. The van der Waals surface area contributed by atoms with Crippen molar-refractivity contribution < 1.29 is 14.6 Å². The first-order valence-electron chi connectivity index (χ1n) is 11.8. The molecule has 6 rings (SSSR count). The summed E-state index contributed by atoms with van der Waals surface area (Å²) >= 11 is 0. The van der Waals surface area contributed by atoms with Crippen LogP contribution in [0.1, 0.15) is 34.1 Å². The molecule has 0 spiro atoms. The Labute approximate surface area is 197 Å². The van der Waals surface area contributed by atoms with Gasteiger partial charge in [0.1, 0.15) is 6.67 Å². The first kappa shape index (κ1) is 21.0. The Hall–Kier alpha value is -3.58. The zero-order valence-corrected chi connectivity index (χ0v) is 18.8. The minimum atomic E-state index is -0.554. The summed E-state index contributed by atoms with van der Waals surface area (Å²) in [6, 6.07) is 9.75. The molecule has 0 saturated heterocycles. The molecule has 2 unspecified atom stereocenters. The number of hydrogen-bond acceptors (Lipinski definition) is 5. The number of fused-ring (bicyclic) bond motifs is 7. The number of nitrogens with zero attached hydrogens (tertiary/aromatic N) is 3. The molecule has 3 atom stereocenters. The summed E-state index contributed by atoms with van der Waals surface area (Å²) < 4.78 is 7.47. The van der Waals surface area contributed by atoms with Crippen LogP contribution in [0, 0.1) is 11.8 Å². The van der Waals surface area contributed by atoms with E-state index in [0.29, 0.717) is 32.3 Å². The van der Waals surface area contributed by atoms with Crippen molar-refractivity contribution >= 4 is 5.91 Å². The van der Waals surface area contributed by atoms with E-state index < -0.39 is 11.2 Å². The molecule has 2 aromatic rings. The molecule has 34 heavy (non-hydrogen) atoms. The molecule has 0 radical (unpaired) electrons. The molecule has 3 heterocycles. The highest BCUT2D eigenvalue weighted by atomic mass is 16.5. The van der Waals surface area contributed by atoms with Gasteiger partial charge in [0.15, 0.2) is 11.4 Å². The fourth-order valence-corrected chi connectivity index (χ4v) is 5.85. The van der Waals surface area contributed by atoms with Crippen molar-refractivity contribution in [3.63, 3.8) is 0 Å². The predicted molar refractivity (Wildman–Crippen MR) is 128 cm³/mol. The zero-order chi connectivity index (χ0) is 23.2. The Balaban J connectivity index is 1.62. The van der Waals surface area contributed by atoms with Gasteiger partial charge >= 0.3 is 0 Å². The fraction of sp³-hybridized carbons (Fsp3) is 0.333. The third kappa shape index (κ3) is 3.30. The highest BCUT2D eigenvalue weighted by molar-refractivity contribution is 5.96. The van der Waals surface area contributed by atoms with Gasteiger partial charge in [-0.15, -0.1) is 0 Å². The number of allylic oxidation sites excluding steroid dienone is 4. The lowest BCUT2D eigenvalue weighted by atomic mass is 9.75. The van der Waals surface area contributed by atoms with Crippen molar-refractivity contribution in [2.45, 2.75) is 18.9 Å². The molecule has 174 valence electrons. The third-order valence-electron chi connectivity index (χ3n) is 7.44. The normalized spacial score (nSPS) is 26.8. The van der Waals surface area contributed by atoms with Crippen LogP contribution in [-0.4, -0.2) is 47.0 Å². The van der Waals surface area contributed by atoms with Crippen molar-refractivity contribution in [3.8, 4) is 5.75 Å². The maximum Gasteiger partial charge on any atom is 0.277 e. The average Bonchev–Trinajstić information content (AvgIpc) is 3.01. The van der Waals surface area contributed by atoms with Gasteiger partial charge in [0.25, 0.3) is 5.91 Å². The molecule has 1 N–H and O–H groups in total. The molecule has 1 amide bonds. The molecule has 2 aliphatic carbocycles. The zero-order valence-electron chi connectivity index (χ0n) is 18.8. The topological polar surface area (TPSA) is 75.0 Å². The van der Waals surface area contributed by atoms with Gasteiger partial charge in [0.05, 0.1) is 19.3 Å². The van der Waals surface area contributed by atoms with E-state index in [9.17, 15) is 14.7 Å². The second-order valence-corrected chi connectivity index (χ2v) is 9.27. The van der Waals surface area contributed by atoms with E-state index in [-0.39, 0.29) is 23.6 Å². The second-order valence-electron chi connectivity index (χ2n) is 9.27. The summed E-state index contributed by atoms with van der Waals surface area (Å²) in [7, 11) is 0. The number of rotatable bonds is 0. The van der Waals surface area contributed by atoms with Crippen molar-refractivity contribution in [2.24, 2.45) is 11.8 Å². The van der Waals surface area contributed by atoms with Crippen molar-refractivity contribution in [1.82, 2.24) is 9.58 Å². The Morgan fingerprint density at radius 3 is 2.91 bits per heavy atom. The van der Waals surface area contributed by atoms with Crippen LogP contribution < -0.4 is 10.4 Å². The van der Waals surface area contributed by atoms with Crippen molar-refractivity contribution in [3.05, 3.63) is 99.5 Å². The van der Waals surface area contributed by atoms with Crippen LogP contribution in [0.2, 0.25) is 0 Å². The number of pyridine rings is 1. The van der Waals surface area contributed by atoms with E-state index in [4.69, 9.17) is 4.74 Å². The largest absolute Gasteiger partial charge is 0.502 e. The summed E-state index contributed by atoms with van der Waals surface area (Å²) in [6.07, 6.45) is 14.4. The standard InChI is InChI=1S/C27H27N3O4/c31-22-12-13-29-25(26(22)32)27(33)28-14-16-34-15-4-8-19-6-3-7-20-11-10-18-5-1-2-9-21(18)24(23(19)20)30(29)17-28/h1-9,12-13,20,23-24,32H,10-11,14-17H2/b8-4-/t20?,23?,24-/m1/s1. The van der Waals surface area contributed by atoms with Gasteiger partial charge in [-0.3, -0.25) is 19.3 Å². The minimum absolute atomic E-state index is 0.0153.